The van der Waals surface area contributed by atoms with E-state index in [1.165, 1.54) is 13.2 Å². The number of aromatic nitrogens is 1. The number of nitrogens with zero attached hydrogens (tertiary/aromatic N) is 2. The largest absolute Gasteiger partial charge is 0.377 e. The van der Waals surface area contributed by atoms with E-state index in [1.807, 2.05) is 6.07 Å². The molecule has 1 heterocycles. The quantitative estimate of drug-likeness (QED) is 0.903. The zero-order valence-corrected chi connectivity index (χ0v) is 13.0. The number of ether oxygens (including phenoxy) is 1. The van der Waals surface area contributed by atoms with Gasteiger partial charge in [-0.05, 0) is 6.07 Å². The molecule has 22 heavy (non-hydrogen) atoms. The molecule has 2 aromatic rings. The van der Waals surface area contributed by atoms with E-state index in [2.05, 4.69) is 10.5 Å². The molecule has 0 saturated heterocycles. The second kappa shape index (κ2) is 7.27. The van der Waals surface area contributed by atoms with Crippen LogP contribution < -0.4 is 5.32 Å². The maximum atomic E-state index is 12.1. The summed E-state index contributed by atoms with van der Waals surface area (Å²) >= 11 is 12.0. The first-order valence-corrected chi connectivity index (χ1v) is 6.91. The number of nitriles is 1. The van der Waals surface area contributed by atoms with Crippen LogP contribution in [0.15, 0.2) is 28.8 Å². The first-order valence-electron chi connectivity index (χ1n) is 6.15. The topological polar surface area (TPSA) is 88.1 Å². The van der Waals surface area contributed by atoms with Crippen molar-refractivity contribution in [1.29, 1.82) is 5.26 Å². The van der Waals surface area contributed by atoms with Gasteiger partial charge in [-0.15, -0.1) is 0 Å². The molecule has 0 fully saturated rings. The number of methoxy groups -OCH3 is 1. The van der Waals surface area contributed by atoms with Crippen LogP contribution in [0.5, 0.6) is 0 Å². The highest BCUT2D eigenvalue weighted by molar-refractivity contribution is 6.42. The number of benzene rings is 1. The van der Waals surface area contributed by atoms with Crippen LogP contribution in [0.2, 0.25) is 10.0 Å². The average molecular weight is 340 g/mol. The molecule has 1 atom stereocenters. The van der Waals surface area contributed by atoms with E-state index < -0.39 is 11.9 Å². The molecular formula is C14H11Cl2N3O3. The number of rotatable bonds is 5. The van der Waals surface area contributed by atoms with Crippen LogP contribution in [-0.2, 0) is 11.3 Å². The molecule has 0 aliphatic rings. The predicted octanol–water partition coefficient (Wildman–Crippen LogP) is 3.12. The molecule has 1 aromatic heterocycles. The molecule has 1 amide bonds. The van der Waals surface area contributed by atoms with Gasteiger partial charge in [-0.3, -0.25) is 4.79 Å². The summed E-state index contributed by atoms with van der Waals surface area (Å²) in [5.41, 5.74) is 0.455. The zero-order chi connectivity index (χ0) is 16.1. The van der Waals surface area contributed by atoms with Gasteiger partial charge >= 0.3 is 0 Å². The second-order valence-electron chi connectivity index (χ2n) is 4.29. The van der Waals surface area contributed by atoms with Gasteiger partial charge in [-0.25, -0.2) is 0 Å². The minimum atomic E-state index is -0.957. The highest BCUT2D eigenvalue weighted by Crippen LogP contribution is 2.29. The van der Waals surface area contributed by atoms with Crippen LogP contribution in [0.1, 0.15) is 27.9 Å². The Morgan fingerprint density at radius 3 is 3.00 bits per heavy atom. The monoisotopic (exact) mass is 339 g/mol. The highest BCUT2D eigenvalue weighted by Gasteiger charge is 2.21. The Bertz CT molecular complexity index is 724. The first-order chi connectivity index (χ1) is 10.6. The smallest absolute Gasteiger partial charge is 0.274 e. The van der Waals surface area contributed by atoms with Crippen molar-refractivity contribution < 1.29 is 14.1 Å². The summed E-state index contributed by atoms with van der Waals surface area (Å²) < 4.78 is 9.80. The van der Waals surface area contributed by atoms with Crippen molar-refractivity contribution in [2.24, 2.45) is 0 Å². The third kappa shape index (κ3) is 3.57. The van der Waals surface area contributed by atoms with Gasteiger partial charge in [0.25, 0.3) is 5.91 Å². The van der Waals surface area contributed by atoms with E-state index in [-0.39, 0.29) is 17.3 Å². The summed E-state index contributed by atoms with van der Waals surface area (Å²) in [5, 5.41) is 15.9. The molecule has 6 nitrogen and oxygen atoms in total. The van der Waals surface area contributed by atoms with Crippen molar-refractivity contribution in [3.8, 4) is 6.07 Å². The fraction of sp³-hybridized carbons (Fsp3) is 0.214. The SMILES string of the molecule is COCc1cc(C(=O)N[C@@H](C#N)c2cccc(Cl)c2Cl)no1. The lowest BCUT2D eigenvalue weighted by atomic mass is 10.1. The molecule has 2 rings (SSSR count). The Hall–Kier alpha value is -2.07. The van der Waals surface area contributed by atoms with Crippen LogP contribution in [0, 0.1) is 11.3 Å². The average Bonchev–Trinajstić information content (AvgIpc) is 2.97. The highest BCUT2D eigenvalue weighted by atomic mass is 35.5. The number of halogens is 2. The molecule has 0 saturated carbocycles. The third-order valence-electron chi connectivity index (χ3n) is 2.78. The van der Waals surface area contributed by atoms with E-state index >= 15 is 0 Å². The molecule has 8 heteroatoms. The zero-order valence-electron chi connectivity index (χ0n) is 11.5. The normalized spacial score (nSPS) is 11.7. The summed E-state index contributed by atoms with van der Waals surface area (Å²) in [4.78, 5) is 12.1. The number of hydrogen-bond acceptors (Lipinski definition) is 5. The van der Waals surface area contributed by atoms with Crippen molar-refractivity contribution >= 4 is 29.1 Å². The first kappa shape index (κ1) is 16.3. The Kier molecular flexibility index (Phi) is 5.39. The van der Waals surface area contributed by atoms with Gasteiger partial charge in [0.2, 0.25) is 0 Å². The summed E-state index contributed by atoms with van der Waals surface area (Å²) in [6, 6.07) is 7.29. The number of carbonyl (C=O) groups excluding carboxylic acids is 1. The Balaban J connectivity index is 2.17. The molecule has 0 aliphatic heterocycles. The van der Waals surface area contributed by atoms with E-state index in [4.69, 9.17) is 32.5 Å². The predicted molar refractivity (Wildman–Crippen MR) is 79.5 cm³/mol. The van der Waals surface area contributed by atoms with Crippen LogP contribution in [0.3, 0.4) is 0 Å². The standard InChI is InChI=1S/C14H11Cl2N3O3/c1-21-7-8-5-11(19-22-8)14(20)18-12(6-17)9-3-2-4-10(15)13(9)16/h2-5,12H,7H2,1H3,(H,18,20)/t12-/m0/s1. The Morgan fingerprint density at radius 1 is 1.55 bits per heavy atom. The van der Waals surface area contributed by atoms with Gasteiger partial charge in [0.05, 0.1) is 16.1 Å². The summed E-state index contributed by atoms with van der Waals surface area (Å²) in [7, 11) is 1.50. The molecule has 0 aliphatic carbocycles. The van der Waals surface area contributed by atoms with Crippen molar-refractivity contribution in [2.45, 2.75) is 12.6 Å². The molecule has 0 spiro atoms. The minimum absolute atomic E-state index is 0.0467. The lowest BCUT2D eigenvalue weighted by Crippen LogP contribution is -2.28. The number of carbonyl (C=O) groups is 1. The fourth-order valence-electron chi connectivity index (χ4n) is 1.76. The number of hydrogen-bond donors (Lipinski definition) is 1. The minimum Gasteiger partial charge on any atom is -0.377 e. The third-order valence-corrected chi connectivity index (χ3v) is 3.61. The van der Waals surface area contributed by atoms with Gasteiger partial charge in [-0.1, -0.05) is 40.5 Å². The van der Waals surface area contributed by atoms with E-state index in [9.17, 15) is 10.1 Å². The van der Waals surface area contributed by atoms with Crippen molar-refractivity contribution in [2.75, 3.05) is 7.11 Å². The number of nitrogens with one attached hydrogen (secondary N) is 1. The van der Waals surface area contributed by atoms with Crippen LogP contribution in [0.4, 0.5) is 0 Å². The maximum Gasteiger partial charge on any atom is 0.274 e. The van der Waals surface area contributed by atoms with Crippen LogP contribution in [-0.4, -0.2) is 18.2 Å². The molecule has 0 bridgehead atoms. The lowest BCUT2D eigenvalue weighted by Gasteiger charge is -2.13. The van der Waals surface area contributed by atoms with Gasteiger partial charge in [0.1, 0.15) is 12.6 Å². The summed E-state index contributed by atoms with van der Waals surface area (Å²) in [6.07, 6.45) is 0. The molecule has 1 N–H and O–H groups in total. The van der Waals surface area contributed by atoms with E-state index in [0.29, 0.717) is 16.3 Å². The molecular weight excluding hydrogens is 329 g/mol. The van der Waals surface area contributed by atoms with Gasteiger partial charge in [0, 0.05) is 18.7 Å². The second-order valence-corrected chi connectivity index (χ2v) is 5.08. The molecule has 1 aromatic carbocycles. The van der Waals surface area contributed by atoms with Gasteiger partial charge in [-0.2, -0.15) is 5.26 Å². The van der Waals surface area contributed by atoms with Crippen LogP contribution in [0.25, 0.3) is 0 Å². The van der Waals surface area contributed by atoms with Crippen molar-refractivity contribution in [3.05, 3.63) is 51.3 Å². The van der Waals surface area contributed by atoms with Crippen molar-refractivity contribution in [3.63, 3.8) is 0 Å². The van der Waals surface area contributed by atoms with E-state index in [1.54, 1.807) is 18.2 Å². The van der Waals surface area contributed by atoms with Crippen molar-refractivity contribution in [1.82, 2.24) is 10.5 Å². The number of amides is 1. The fourth-order valence-corrected chi connectivity index (χ4v) is 2.18. The maximum absolute atomic E-state index is 12.1. The summed E-state index contributed by atoms with van der Waals surface area (Å²) in [5.74, 6) is -0.157. The molecule has 0 unspecified atom stereocenters. The lowest BCUT2D eigenvalue weighted by molar-refractivity contribution is 0.0935. The van der Waals surface area contributed by atoms with E-state index in [0.717, 1.165) is 0 Å². The summed E-state index contributed by atoms with van der Waals surface area (Å²) in [6.45, 7) is 0.197. The molecule has 114 valence electrons. The Labute approximate surface area is 136 Å². The van der Waals surface area contributed by atoms with Crippen LogP contribution >= 0.6 is 23.2 Å². The Morgan fingerprint density at radius 2 is 2.32 bits per heavy atom. The van der Waals surface area contributed by atoms with Gasteiger partial charge in [0.15, 0.2) is 11.5 Å². The molecule has 0 radical (unpaired) electrons. The van der Waals surface area contributed by atoms with Gasteiger partial charge < -0.3 is 14.6 Å².